The topological polar surface area (TPSA) is 147 Å². The van der Waals surface area contributed by atoms with Gasteiger partial charge >= 0.3 is 11.6 Å². The van der Waals surface area contributed by atoms with Crippen LogP contribution in [0.4, 0.5) is 11.4 Å². The van der Waals surface area contributed by atoms with Crippen molar-refractivity contribution in [3.05, 3.63) is 94.5 Å². The summed E-state index contributed by atoms with van der Waals surface area (Å²) < 4.78 is 15.7. The Balaban J connectivity index is 1.66. The largest absolute Gasteiger partial charge is 0.494 e. The molecule has 3 aromatic carbocycles. The van der Waals surface area contributed by atoms with E-state index in [-0.39, 0.29) is 17.8 Å². The molecule has 4 rings (SSSR count). The number of hydrazine groups is 1. The van der Waals surface area contributed by atoms with Crippen molar-refractivity contribution in [1.82, 2.24) is 0 Å². The van der Waals surface area contributed by atoms with Crippen LogP contribution in [0.15, 0.2) is 82.1 Å². The molecular formula is C27H26N4O5. The fourth-order valence-corrected chi connectivity index (χ4v) is 3.68. The van der Waals surface area contributed by atoms with Crippen LogP contribution >= 0.6 is 0 Å². The van der Waals surface area contributed by atoms with Crippen molar-refractivity contribution in [2.75, 3.05) is 24.5 Å². The van der Waals surface area contributed by atoms with Crippen LogP contribution in [0.1, 0.15) is 22.8 Å². The molecule has 0 bridgehead atoms. The lowest BCUT2D eigenvalue weighted by atomic mass is 10.0. The Bertz CT molecular complexity index is 1490. The van der Waals surface area contributed by atoms with E-state index in [2.05, 4.69) is 0 Å². The van der Waals surface area contributed by atoms with E-state index in [1.54, 1.807) is 19.2 Å². The van der Waals surface area contributed by atoms with Crippen molar-refractivity contribution in [2.24, 2.45) is 11.6 Å². The van der Waals surface area contributed by atoms with E-state index in [9.17, 15) is 9.59 Å². The average Bonchev–Trinajstić information content (AvgIpc) is 2.88. The molecule has 184 valence electrons. The van der Waals surface area contributed by atoms with Gasteiger partial charge in [0, 0.05) is 23.3 Å². The zero-order valence-electron chi connectivity index (χ0n) is 19.9. The average molecular weight is 487 g/mol. The second-order valence-electron chi connectivity index (χ2n) is 7.92. The predicted octanol–water partition coefficient (Wildman–Crippen LogP) is 3.86. The van der Waals surface area contributed by atoms with Gasteiger partial charge in [-0.3, -0.25) is 5.01 Å². The highest BCUT2D eigenvalue weighted by Gasteiger charge is 2.18. The standard InChI is InChI=1S/C27H26N4O5/c1-3-35-26(32)21-12-19-13-23(25(34-2)14-24(19)36-27(21)33)31(30)15-22(29)18-6-4-16(5-7-18)17-8-10-20(28)11-9-17/h4-15H,3,28-30H2,1-2H3/b22-15-. The number of esters is 1. The number of benzene rings is 3. The maximum Gasteiger partial charge on any atom is 0.351 e. The third-order valence-corrected chi connectivity index (χ3v) is 5.55. The van der Waals surface area contributed by atoms with Crippen molar-refractivity contribution in [2.45, 2.75) is 6.92 Å². The Labute approximate surface area is 207 Å². The summed E-state index contributed by atoms with van der Waals surface area (Å²) in [5, 5.41) is 1.76. The zero-order chi connectivity index (χ0) is 25.8. The molecule has 0 aliphatic heterocycles. The monoisotopic (exact) mass is 486 g/mol. The van der Waals surface area contributed by atoms with Gasteiger partial charge in [0.15, 0.2) is 0 Å². The summed E-state index contributed by atoms with van der Waals surface area (Å²) in [6.45, 7) is 1.78. The van der Waals surface area contributed by atoms with Crippen LogP contribution in [0.3, 0.4) is 0 Å². The van der Waals surface area contributed by atoms with Crippen molar-refractivity contribution >= 4 is 34.0 Å². The Morgan fingerprint density at radius 3 is 2.28 bits per heavy atom. The summed E-state index contributed by atoms with van der Waals surface area (Å²) in [4.78, 5) is 24.3. The minimum absolute atomic E-state index is 0.131. The maximum atomic E-state index is 12.2. The molecule has 0 saturated heterocycles. The van der Waals surface area contributed by atoms with Gasteiger partial charge in [-0.25, -0.2) is 15.4 Å². The first-order valence-electron chi connectivity index (χ1n) is 11.1. The molecule has 1 aromatic heterocycles. The molecule has 9 nitrogen and oxygen atoms in total. The van der Waals surface area contributed by atoms with Crippen LogP contribution in [0.25, 0.3) is 27.8 Å². The first-order chi connectivity index (χ1) is 17.3. The zero-order valence-corrected chi connectivity index (χ0v) is 19.9. The third-order valence-electron chi connectivity index (χ3n) is 5.55. The van der Waals surface area contributed by atoms with Gasteiger partial charge in [0.1, 0.15) is 16.9 Å². The number of methoxy groups -OCH3 is 1. The van der Waals surface area contributed by atoms with E-state index in [1.807, 2.05) is 48.5 Å². The van der Waals surface area contributed by atoms with Crippen molar-refractivity contribution in [1.29, 1.82) is 0 Å². The fraction of sp³-hybridized carbons (Fsp3) is 0.111. The van der Waals surface area contributed by atoms with Crippen LogP contribution in [-0.4, -0.2) is 19.7 Å². The SMILES string of the molecule is CCOC(=O)c1cc2cc(N(N)/C=C(\N)c3ccc(-c4ccc(N)cc4)cc3)c(OC)cc2oc1=O. The number of rotatable bonds is 7. The summed E-state index contributed by atoms with van der Waals surface area (Å²) >= 11 is 0. The van der Waals surface area contributed by atoms with E-state index in [4.69, 9.17) is 31.2 Å². The Morgan fingerprint density at radius 1 is 1.03 bits per heavy atom. The third kappa shape index (κ3) is 5.01. The molecule has 0 unspecified atom stereocenters. The lowest BCUT2D eigenvalue weighted by Crippen LogP contribution is -2.26. The van der Waals surface area contributed by atoms with Gasteiger partial charge in [-0.2, -0.15) is 0 Å². The Hall–Kier alpha value is -4.76. The number of nitrogens with two attached hydrogens (primary N) is 3. The number of ether oxygens (including phenoxy) is 2. The number of nitrogen functional groups attached to an aromatic ring is 1. The highest BCUT2D eigenvalue weighted by atomic mass is 16.5. The van der Waals surface area contributed by atoms with E-state index < -0.39 is 11.6 Å². The second kappa shape index (κ2) is 10.2. The van der Waals surface area contributed by atoms with E-state index in [0.29, 0.717) is 28.2 Å². The van der Waals surface area contributed by atoms with Gasteiger partial charge in [0.25, 0.3) is 0 Å². The number of carbonyl (C=O) groups excluding carboxylic acids is 1. The molecule has 0 amide bonds. The van der Waals surface area contributed by atoms with Gasteiger partial charge in [-0.05, 0) is 47.9 Å². The number of hydrogen-bond acceptors (Lipinski definition) is 9. The van der Waals surface area contributed by atoms with Crippen LogP contribution in [0.2, 0.25) is 0 Å². The number of nitrogens with zero attached hydrogens (tertiary/aromatic N) is 1. The van der Waals surface area contributed by atoms with Crippen LogP contribution < -0.4 is 32.7 Å². The highest BCUT2D eigenvalue weighted by molar-refractivity contribution is 5.94. The van der Waals surface area contributed by atoms with Crippen LogP contribution in [0.5, 0.6) is 5.75 Å². The number of hydrogen-bond donors (Lipinski definition) is 3. The van der Waals surface area contributed by atoms with Gasteiger partial charge in [-0.1, -0.05) is 36.4 Å². The van der Waals surface area contributed by atoms with Crippen LogP contribution in [-0.2, 0) is 4.74 Å². The minimum Gasteiger partial charge on any atom is -0.494 e. The first kappa shape index (κ1) is 24.4. The van der Waals surface area contributed by atoms with E-state index in [1.165, 1.54) is 24.3 Å². The lowest BCUT2D eigenvalue weighted by Gasteiger charge is -2.19. The van der Waals surface area contributed by atoms with Crippen molar-refractivity contribution < 1.29 is 18.7 Å². The molecule has 6 N–H and O–H groups in total. The van der Waals surface area contributed by atoms with Gasteiger partial charge in [0.05, 0.1) is 25.1 Å². The predicted molar refractivity (Wildman–Crippen MR) is 140 cm³/mol. The summed E-state index contributed by atoms with van der Waals surface area (Å²) in [5.74, 6) is 5.90. The fourth-order valence-electron chi connectivity index (χ4n) is 3.68. The van der Waals surface area contributed by atoms with Gasteiger partial charge < -0.3 is 25.4 Å². The molecule has 0 aliphatic rings. The van der Waals surface area contributed by atoms with E-state index in [0.717, 1.165) is 16.7 Å². The minimum atomic E-state index is -0.799. The summed E-state index contributed by atoms with van der Waals surface area (Å²) in [6.07, 6.45) is 1.55. The first-order valence-corrected chi connectivity index (χ1v) is 11.1. The van der Waals surface area contributed by atoms with E-state index >= 15 is 0 Å². The molecule has 0 atom stereocenters. The highest BCUT2D eigenvalue weighted by Crippen LogP contribution is 2.33. The van der Waals surface area contributed by atoms with Crippen LogP contribution in [0, 0.1) is 0 Å². The molecule has 0 fully saturated rings. The quantitative estimate of drug-likeness (QED) is 0.116. The molecule has 0 radical (unpaired) electrons. The molecule has 1 heterocycles. The lowest BCUT2D eigenvalue weighted by molar-refractivity contribution is 0.0522. The maximum absolute atomic E-state index is 12.2. The normalized spacial score (nSPS) is 11.4. The molecule has 9 heteroatoms. The molecule has 4 aromatic rings. The molecule has 0 saturated carbocycles. The Kier molecular flexibility index (Phi) is 6.93. The van der Waals surface area contributed by atoms with Gasteiger partial charge in [-0.15, -0.1) is 0 Å². The number of fused-ring (bicyclic) bond motifs is 1. The molecule has 0 spiro atoms. The van der Waals surface area contributed by atoms with Crippen molar-refractivity contribution in [3.8, 4) is 16.9 Å². The number of anilines is 2. The summed E-state index contributed by atoms with van der Waals surface area (Å²) in [7, 11) is 1.46. The number of carbonyl (C=O) groups is 1. The molecule has 0 aliphatic carbocycles. The smallest absolute Gasteiger partial charge is 0.351 e. The van der Waals surface area contributed by atoms with Gasteiger partial charge in [0.2, 0.25) is 0 Å². The Morgan fingerprint density at radius 2 is 1.67 bits per heavy atom. The summed E-state index contributed by atoms with van der Waals surface area (Å²) in [5.41, 5.74) is 15.7. The molecular weight excluding hydrogens is 460 g/mol. The van der Waals surface area contributed by atoms with Crippen molar-refractivity contribution in [3.63, 3.8) is 0 Å². The molecule has 36 heavy (non-hydrogen) atoms. The summed E-state index contributed by atoms with van der Waals surface area (Å²) in [6, 6.07) is 19.9. The second-order valence-corrected chi connectivity index (χ2v) is 7.92.